The third-order valence-electron chi connectivity index (χ3n) is 6.37. The lowest BCUT2D eigenvalue weighted by atomic mass is 9.91. The van der Waals surface area contributed by atoms with E-state index in [2.05, 4.69) is 24.1 Å². The van der Waals surface area contributed by atoms with Crippen molar-refractivity contribution in [3.05, 3.63) is 0 Å². The van der Waals surface area contributed by atoms with E-state index in [9.17, 15) is 0 Å². The molecule has 0 aromatic heterocycles. The van der Waals surface area contributed by atoms with E-state index in [4.69, 9.17) is 0 Å². The van der Waals surface area contributed by atoms with E-state index in [0.29, 0.717) is 5.54 Å². The highest BCUT2D eigenvalue weighted by Crippen LogP contribution is 2.39. The van der Waals surface area contributed by atoms with Gasteiger partial charge in [0.25, 0.3) is 0 Å². The lowest BCUT2D eigenvalue weighted by molar-refractivity contribution is 0.125. The Kier molecular flexibility index (Phi) is 4.19. The third-order valence-corrected chi connectivity index (χ3v) is 6.37. The topological polar surface area (TPSA) is 15.3 Å². The van der Waals surface area contributed by atoms with Gasteiger partial charge in [-0.15, -0.1) is 0 Å². The molecule has 110 valence electrons. The third kappa shape index (κ3) is 2.71. The van der Waals surface area contributed by atoms with Gasteiger partial charge in [-0.1, -0.05) is 33.1 Å². The number of nitrogens with zero attached hydrogens (tertiary/aromatic N) is 1. The summed E-state index contributed by atoms with van der Waals surface area (Å²) in [7, 11) is 0. The van der Waals surface area contributed by atoms with Crippen LogP contribution in [0.25, 0.3) is 0 Å². The van der Waals surface area contributed by atoms with Gasteiger partial charge in [-0.3, -0.25) is 4.90 Å². The largest absolute Gasteiger partial charge is 0.310 e. The highest BCUT2D eigenvalue weighted by atomic mass is 15.2. The first-order chi connectivity index (χ1) is 9.24. The second kappa shape index (κ2) is 5.73. The number of hydrogen-bond donors (Lipinski definition) is 1. The van der Waals surface area contributed by atoms with Crippen molar-refractivity contribution in [1.82, 2.24) is 10.2 Å². The predicted octanol–water partition coefficient (Wildman–Crippen LogP) is 3.42. The fourth-order valence-corrected chi connectivity index (χ4v) is 5.14. The van der Waals surface area contributed by atoms with Crippen LogP contribution in [0.3, 0.4) is 0 Å². The summed E-state index contributed by atoms with van der Waals surface area (Å²) in [6, 6.07) is 0.877. The Morgan fingerprint density at radius 3 is 2.63 bits per heavy atom. The second-order valence-electron chi connectivity index (χ2n) is 7.41. The minimum atomic E-state index is 0.487. The molecule has 1 spiro atoms. The molecule has 3 fully saturated rings. The van der Waals surface area contributed by atoms with Crippen molar-refractivity contribution in [2.75, 3.05) is 19.6 Å². The van der Waals surface area contributed by atoms with Crippen molar-refractivity contribution in [3.8, 4) is 0 Å². The van der Waals surface area contributed by atoms with E-state index in [1.165, 1.54) is 71.0 Å². The molecule has 0 aromatic carbocycles. The van der Waals surface area contributed by atoms with Crippen molar-refractivity contribution >= 4 is 0 Å². The van der Waals surface area contributed by atoms with Gasteiger partial charge < -0.3 is 5.32 Å². The SMILES string of the molecule is CCC1CCC(N2CCCNC3(CCCC3)C2)C1C. The van der Waals surface area contributed by atoms with Gasteiger partial charge in [0, 0.05) is 18.1 Å². The molecule has 2 saturated carbocycles. The monoisotopic (exact) mass is 264 g/mol. The Morgan fingerprint density at radius 2 is 1.95 bits per heavy atom. The van der Waals surface area contributed by atoms with Crippen LogP contribution >= 0.6 is 0 Å². The second-order valence-corrected chi connectivity index (χ2v) is 7.41. The molecule has 2 heteroatoms. The minimum Gasteiger partial charge on any atom is -0.310 e. The van der Waals surface area contributed by atoms with E-state index in [0.717, 1.165) is 17.9 Å². The molecule has 1 N–H and O–H groups in total. The molecule has 0 bridgehead atoms. The fraction of sp³-hybridized carbons (Fsp3) is 1.00. The van der Waals surface area contributed by atoms with Gasteiger partial charge in [-0.05, 0) is 57.0 Å². The summed E-state index contributed by atoms with van der Waals surface area (Å²) in [5, 5.41) is 3.91. The quantitative estimate of drug-likeness (QED) is 0.822. The smallest absolute Gasteiger partial charge is 0.0308 e. The summed E-state index contributed by atoms with van der Waals surface area (Å²) in [6.07, 6.45) is 11.4. The molecule has 2 nitrogen and oxygen atoms in total. The molecule has 1 aliphatic heterocycles. The molecule has 2 aliphatic carbocycles. The van der Waals surface area contributed by atoms with Gasteiger partial charge in [-0.2, -0.15) is 0 Å². The van der Waals surface area contributed by atoms with Crippen LogP contribution in [-0.4, -0.2) is 36.1 Å². The summed E-state index contributed by atoms with van der Waals surface area (Å²) in [5.74, 6) is 1.90. The van der Waals surface area contributed by atoms with Crippen molar-refractivity contribution in [1.29, 1.82) is 0 Å². The van der Waals surface area contributed by atoms with E-state index in [1.807, 2.05) is 0 Å². The Morgan fingerprint density at radius 1 is 1.16 bits per heavy atom. The van der Waals surface area contributed by atoms with E-state index in [-0.39, 0.29) is 0 Å². The normalized spacial score (nSPS) is 39.8. The number of rotatable bonds is 2. The first kappa shape index (κ1) is 13.9. The molecular weight excluding hydrogens is 232 g/mol. The van der Waals surface area contributed by atoms with Crippen molar-refractivity contribution in [2.45, 2.75) is 76.8 Å². The highest BCUT2D eigenvalue weighted by Gasteiger charge is 2.41. The maximum Gasteiger partial charge on any atom is 0.0308 e. The molecule has 0 radical (unpaired) electrons. The van der Waals surface area contributed by atoms with Gasteiger partial charge in [0.1, 0.15) is 0 Å². The van der Waals surface area contributed by atoms with Crippen LogP contribution in [-0.2, 0) is 0 Å². The van der Waals surface area contributed by atoms with Crippen LogP contribution in [0, 0.1) is 11.8 Å². The van der Waals surface area contributed by atoms with Crippen molar-refractivity contribution in [2.24, 2.45) is 11.8 Å². The Bertz CT molecular complexity index is 296. The summed E-state index contributed by atoms with van der Waals surface area (Å²) in [4.78, 5) is 2.88. The van der Waals surface area contributed by atoms with E-state index < -0.39 is 0 Å². The first-order valence-electron chi connectivity index (χ1n) is 8.73. The molecule has 3 rings (SSSR count). The summed E-state index contributed by atoms with van der Waals surface area (Å²) in [6.45, 7) is 8.81. The Labute approximate surface area is 119 Å². The van der Waals surface area contributed by atoms with Gasteiger partial charge in [0.05, 0.1) is 0 Å². The van der Waals surface area contributed by atoms with Crippen LogP contribution < -0.4 is 5.32 Å². The molecule has 3 aliphatic rings. The van der Waals surface area contributed by atoms with Crippen LogP contribution in [0.2, 0.25) is 0 Å². The van der Waals surface area contributed by atoms with Crippen molar-refractivity contribution < 1.29 is 0 Å². The van der Waals surface area contributed by atoms with Gasteiger partial charge in [-0.25, -0.2) is 0 Å². The molecule has 19 heavy (non-hydrogen) atoms. The predicted molar refractivity (Wildman–Crippen MR) is 81.4 cm³/mol. The maximum absolute atomic E-state index is 3.91. The lowest BCUT2D eigenvalue weighted by Gasteiger charge is -2.38. The maximum atomic E-state index is 3.91. The number of nitrogens with one attached hydrogen (secondary N) is 1. The average Bonchev–Trinajstić information content (AvgIpc) is 2.94. The van der Waals surface area contributed by atoms with Gasteiger partial charge in [0.15, 0.2) is 0 Å². The molecule has 0 amide bonds. The molecule has 3 atom stereocenters. The molecular formula is C17H32N2. The van der Waals surface area contributed by atoms with E-state index >= 15 is 0 Å². The molecule has 0 aromatic rings. The standard InChI is InChI=1S/C17H32N2/c1-3-15-7-8-16(14(15)2)19-12-6-11-18-17(13-19)9-4-5-10-17/h14-16,18H,3-13H2,1-2H3. The zero-order valence-corrected chi connectivity index (χ0v) is 13.0. The van der Waals surface area contributed by atoms with Crippen LogP contribution in [0.5, 0.6) is 0 Å². The number of hydrogen-bond acceptors (Lipinski definition) is 2. The van der Waals surface area contributed by atoms with Gasteiger partial charge >= 0.3 is 0 Å². The zero-order valence-electron chi connectivity index (χ0n) is 13.0. The fourth-order valence-electron chi connectivity index (χ4n) is 5.14. The Balaban J connectivity index is 1.69. The van der Waals surface area contributed by atoms with Crippen molar-refractivity contribution in [3.63, 3.8) is 0 Å². The van der Waals surface area contributed by atoms with Crippen LogP contribution in [0.4, 0.5) is 0 Å². The van der Waals surface area contributed by atoms with Gasteiger partial charge in [0.2, 0.25) is 0 Å². The molecule has 1 heterocycles. The summed E-state index contributed by atoms with van der Waals surface area (Å²) >= 11 is 0. The highest BCUT2D eigenvalue weighted by molar-refractivity contribution is 5.00. The van der Waals surface area contributed by atoms with Crippen LogP contribution in [0.15, 0.2) is 0 Å². The molecule has 1 saturated heterocycles. The zero-order chi connectivity index (χ0) is 13.3. The Hall–Kier alpha value is -0.0800. The molecule has 3 unspecified atom stereocenters. The summed E-state index contributed by atoms with van der Waals surface area (Å²) in [5.41, 5.74) is 0.487. The summed E-state index contributed by atoms with van der Waals surface area (Å²) < 4.78 is 0. The first-order valence-corrected chi connectivity index (χ1v) is 8.73. The average molecular weight is 264 g/mol. The van der Waals surface area contributed by atoms with E-state index in [1.54, 1.807) is 0 Å². The van der Waals surface area contributed by atoms with Crippen LogP contribution in [0.1, 0.15) is 65.2 Å². The lowest BCUT2D eigenvalue weighted by Crippen LogP contribution is -2.52. The minimum absolute atomic E-state index is 0.487.